The van der Waals surface area contributed by atoms with Gasteiger partial charge in [0.2, 0.25) is 0 Å². The third-order valence-corrected chi connectivity index (χ3v) is 6.62. The molecule has 2 heterocycles. The highest BCUT2D eigenvalue weighted by Crippen LogP contribution is 2.36. The first kappa shape index (κ1) is 17.4. The summed E-state index contributed by atoms with van der Waals surface area (Å²) in [6.07, 6.45) is 10.8. The SMILES string of the molecule is CC1(S(=O)(=O)n2ncc3ccccc32)C=CC=C(c2cn[nH]c2)C1.Cl. The molecule has 0 spiro atoms. The van der Waals surface area contributed by atoms with E-state index in [1.54, 1.807) is 43.7 Å². The summed E-state index contributed by atoms with van der Waals surface area (Å²) in [6, 6.07) is 7.29. The maximum atomic E-state index is 13.3. The van der Waals surface area contributed by atoms with Crippen molar-refractivity contribution in [1.29, 1.82) is 0 Å². The highest BCUT2D eigenvalue weighted by molar-refractivity contribution is 7.91. The first-order chi connectivity index (χ1) is 11.5. The first-order valence-corrected chi connectivity index (χ1v) is 9.01. The van der Waals surface area contributed by atoms with Crippen LogP contribution in [0.15, 0.2) is 61.1 Å². The van der Waals surface area contributed by atoms with E-state index in [2.05, 4.69) is 15.3 Å². The minimum atomic E-state index is -3.72. The highest BCUT2D eigenvalue weighted by Gasteiger charge is 2.41. The predicted molar refractivity (Wildman–Crippen MR) is 100 cm³/mol. The Morgan fingerprint density at radius 3 is 2.80 bits per heavy atom. The number of para-hydroxylation sites is 1. The second kappa shape index (κ2) is 6.16. The summed E-state index contributed by atoms with van der Waals surface area (Å²) in [5.41, 5.74) is 2.41. The lowest BCUT2D eigenvalue weighted by Crippen LogP contribution is -2.39. The number of aromatic amines is 1. The number of aromatic nitrogens is 4. The van der Waals surface area contributed by atoms with Crippen LogP contribution in [0.3, 0.4) is 0 Å². The molecule has 0 aliphatic heterocycles. The lowest BCUT2D eigenvalue weighted by molar-refractivity contribution is 0.549. The number of hydrogen-bond donors (Lipinski definition) is 1. The summed E-state index contributed by atoms with van der Waals surface area (Å²) in [7, 11) is -3.72. The lowest BCUT2D eigenvalue weighted by atomic mass is 9.92. The van der Waals surface area contributed by atoms with Gasteiger partial charge < -0.3 is 0 Å². The summed E-state index contributed by atoms with van der Waals surface area (Å²) in [4.78, 5) is 0. The van der Waals surface area contributed by atoms with Gasteiger partial charge in [0.1, 0.15) is 4.75 Å². The molecule has 0 saturated carbocycles. The van der Waals surface area contributed by atoms with Gasteiger partial charge >= 0.3 is 0 Å². The van der Waals surface area contributed by atoms with E-state index < -0.39 is 14.8 Å². The van der Waals surface area contributed by atoms with Crippen LogP contribution in [-0.2, 0) is 10.0 Å². The smallest absolute Gasteiger partial charge is 0.263 e. The molecule has 2 aromatic heterocycles. The molecular formula is C17H17ClN4O2S. The van der Waals surface area contributed by atoms with Gasteiger partial charge in [-0.2, -0.15) is 14.3 Å². The van der Waals surface area contributed by atoms with Crippen LogP contribution in [-0.4, -0.2) is 32.5 Å². The number of fused-ring (bicyclic) bond motifs is 1. The molecule has 25 heavy (non-hydrogen) atoms. The van der Waals surface area contributed by atoms with Crippen molar-refractivity contribution >= 4 is 38.9 Å². The largest absolute Gasteiger partial charge is 0.285 e. The lowest BCUT2D eigenvalue weighted by Gasteiger charge is -2.29. The van der Waals surface area contributed by atoms with E-state index in [0.29, 0.717) is 11.9 Å². The maximum absolute atomic E-state index is 13.3. The standard InChI is InChI=1S/C17H16N4O2S.ClH/c1-17(8-4-6-13(9-17)15-10-18-19-11-15)24(22,23)21-16-7-3-2-5-14(16)12-20-21;/h2-8,10-12H,9H2,1H3,(H,18,19);1H. The number of allylic oxidation sites excluding steroid dienone is 3. The number of rotatable bonds is 3. The Hall–Kier alpha value is -2.38. The predicted octanol–water partition coefficient (Wildman–Crippen LogP) is 3.16. The zero-order valence-electron chi connectivity index (χ0n) is 13.5. The summed E-state index contributed by atoms with van der Waals surface area (Å²) >= 11 is 0. The first-order valence-electron chi connectivity index (χ1n) is 7.57. The second-order valence-corrected chi connectivity index (χ2v) is 8.31. The van der Waals surface area contributed by atoms with Gasteiger partial charge in [-0.3, -0.25) is 5.10 Å². The summed E-state index contributed by atoms with van der Waals surface area (Å²) in [5, 5.41) is 11.6. The number of nitrogens with one attached hydrogen (secondary N) is 1. The van der Waals surface area contributed by atoms with Crippen LogP contribution < -0.4 is 0 Å². The third-order valence-electron chi connectivity index (χ3n) is 4.42. The fourth-order valence-corrected chi connectivity index (χ4v) is 4.58. The van der Waals surface area contributed by atoms with E-state index in [4.69, 9.17) is 0 Å². The van der Waals surface area contributed by atoms with Crippen molar-refractivity contribution in [3.63, 3.8) is 0 Å². The highest BCUT2D eigenvalue weighted by atomic mass is 35.5. The Balaban J connectivity index is 0.00000182. The van der Waals surface area contributed by atoms with Crippen LogP contribution in [0.1, 0.15) is 18.9 Å². The molecular weight excluding hydrogens is 360 g/mol. The van der Waals surface area contributed by atoms with Crippen LogP contribution in [0.5, 0.6) is 0 Å². The fraction of sp³-hybridized carbons (Fsp3) is 0.176. The molecule has 1 atom stereocenters. The van der Waals surface area contributed by atoms with Crippen molar-refractivity contribution in [1.82, 2.24) is 19.4 Å². The van der Waals surface area contributed by atoms with Gasteiger partial charge in [-0.1, -0.05) is 36.4 Å². The minimum Gasteiger partial charge on any atom is -0.285 e. The van der Waals surface area contributed by atoms with Crippen LogP contribution in [0.4, 0.5) is 0 Å². The van der Waals surface area contributed by atoms with Crippen LogP contribution >= 0.6 is 12.4 Å². The summed E-state index contributed by atoms with van der Waals surface area (Å²) < 4.78 is 26.7. The molecule has 1 aliphatic rings. The van der Waals surface area contributed by atoms with Crippen molar-refractivity contribution < 1.29 is 8.42 Å². The zero-order chi connectivity index (χ0) is 16.8. The number of benzene rings is 1. The number of hydrogen-bond acceptors (Lipinski definition) is 4. The van der Waals surface area contributed by atoms with E-state index in [1.807, 2.05) is 24.3 Å². The van der Waals surface area contributed by atoms with E-state index in [9.17, 15) is 8.42 Å². The minimum absolute atomic E-state index is 0. The fourth-order valence-electron chi connectivity index (χ4n) is 3.00. The second-order valence-electron chi connectivity index (χ2n) is 6.08. The molecule has 1 aromatic carbocycles. The Kier molecular flexibility index (Phi) is 4.30. The summed E-state index contributed by atoms with van der Waals surface area (Å²) in [5.74, 6) is 0. The van der Waals surface area contributed by atoms with E-state index in [1.165, 1.54) is 0 Å². The quantitative estimate of drug-likeness (QED) is 0.761. The molecule has 1 N–H and O–H groups in total. The molecule has 1 unspecified atom stereocenters. The Bertz CT molecular complexity index is 1070. The topological polar surface area (TPSA) is 80.6 Å². The maximum Gasteiger partial charge on any atom is 0.263 e. The average Bonchev–Trinajstić information content (AvgIpc) is 3.24. The molecule has 0 bridgehead atoms. The number of nitrogens with zero attached hydrogens (tertiary/aromatic N) is 3. The molecule has 6 nitrogen and oxygen atoms in total. The Labute approximate surface area is 151 Å². The van der Waals surface area contributed by atoms with Gasteiger partial charge in [-0.15, -0.1) is 12.4 Å². The molecule has 130 valence electrons. The normalized spacial score (nSPS) is 20.3. The number of H-pyrrole nitrogens is 1. The molecule has 3 aromatic rings. The van der Waals surface area contributed by atoms with Gasteiger partial charge in [-0.25, -0.2) is 8.42 Å². The van der Waals surface area contributed by atoms with Gasteiger partial charge in [-0.05, 0) is 25.0 Å². The van der Waals surface area contributed by atoms with Crippen molar-refractivity contribution in [2.75, 3.05) is 0 Å². The van der Waals surface area contributed by atoms with E-state index >= 15 is 0 Å². The van der Waals surface area contributed by atoms with Crippen LogP contribution in [0.2, 0.25) is 0 Å². The molecule has 0 fully saturated rings. The van der Waals surface area contributed by atoms with Gasteiger partial charge in [0, 0.05) is 17.1 Å². The summed E-state index contributed by atoms with van der Waals surface area (Å²) in [6.45, 7) is 1.72. The van der Waals surface area contributed by atoms with Gasteiger partial charge in [0.15, 0.2) is 0 Å². The monoisotopic (exact) mass is 376 g/mol. The van der Waals surface area contributed by atoms with Crippen molar-refractivity contribution in [3.8, 4) is 0 Å². The molecule has 0 amide bonds. The molecule has 8 heteroatoms. The van der Waals surface area contributed by atoms with Crippen molar-refractivity contribution in [2.24, 2.45) is 0 Å². The van der Waals surface area contributed by atoms with Crippen LogP contribution in [0, 0.1) is 0 Å². The Morgan fingerprint density at radius 2 is 2.04 bits per heavy atom. The van der Waals surface area contributed by atoms with Crippen LogP contribution in [0.25, 0.3) is 16.5 Å². The number of halogens is 1. The van der Waals surface area contributed by atoms with E-state index in [-0.39, 0.29) is 12.4 Å². The van der Waals surface area contributed by atoms with Gasteiger partial charge in [0.25, 0.3) is 10.0 Å². The van der Waals surface area contributed by atoms with Crippen molar-refractivity contribution in [2.45, 2.75) is 18.1 Å². The van der Waals surface area contributed by atoms with Gasteiger partial charge in [0.05, 0.1) is 17.9 Å². The molecule has 0 saturated heterocycles. The average molecular weight is 377 g/mol. The Morgan fingerprint density at radius 1 is 1.24 bits per heavy atom. The van der Waals surface area contributed by atoms with E-state index in [0.717, 1.165) is 20.6 Å². The molecule has 4 rings (SSSR count). The van der Waals surface area contributed by atoms with Crippen molar-refractivity contribution in [3.05, 3.63) is 66.6 Å². The third kappa shape index (κ3) is 2.69. The molecule has 1 aliphatic carbocycles. The zero-order valence-corrected chi connectivity index (χ0v) is 15.1. The molecule has 0 radical (unpaired) electrons.